The van der Waals surface area contributed by atoms with Gasteiger partial charge in [0.05, 0.1) is 0 Å². The topological polar surface area (TPSA) is 0 Å². The minimum absolute atomic E-state index is 1.01. The number of benzene rings is 4. The third kappa shape index (κ3) is 3.97. The molecule has 0 amide bonds. The molecule has 0 N–H and O–H groups in total. The van der Waals surface area contributed by atoms with Crippen LogP contribution in [0.15, 0.2) is 109 Å². The van der Waals surface area contributed by atoms with Gasteiger partial charge >= 0.3 is 0 Å². The van der Waals surface area contributed by atoms with Gasteiger partial charge in [0.2, 0.25) is 0 Å². The lowest BCUT2D eigenvalue weighted by Gasteiger charge is -2.08. The summed E-state index contributed by atoms with van der Waals surface area (Å²) in [5, 5.41) is 2.58. The van der Waals surface area contributed by atoms with Crippen LogP contribution in [0.1, 0.15) is 24.5 Å². The molecule has 4 aromatic rings. The molecule has 0 fully saturated rings. The zero-order chi connectivity index (χ0) is 19.2. The zero-order valence-electron chi connectivity index (χ0n) is 16.2. The Kier molecular flexibility index (Phi) is 5.49. The first-order valence-electron chi connectivity index (χ1n) is 9.87. The number of fused-ring (bicyclic) bond motifs is 1. The molecule has 0 spiro atoms. The maximum absolute atomic E-state index is 2.30. The Labute approximate surface area is 167 Å². The maximum Gasteiger partial charge on any atom is -0.0106 e. The van der Waals surface area contributed by atoms with Gasteiger partial charge in [0.25, 0.3) is 0 Å². The summed E-state index contributed by atoms with van der Waals surface area (Å²) in [6.07, 6.45) is 7.76. The Morgan fingerprint density at radius 3 is 2.14 bits per heavy atom. The minimum atomic E-state index is 1.01. The van der Waals surface area contributed by atoms with Crippen LogP contribution < -0.4 is 0 Å². The van der Waals surface area contributed by atoms with Gasteiger partial charge in [0, 0.05) is 0 Å². The van der Waals surface area contributed by atoms with Crippen molar-refractivity contribution in [2.24, 2.45) is 0 Å². The molecule has 136 valence electrons. The summed E-state index contributed by atoms with van der Waals surface area (Å²) < 4.78 is 0. The summed E-state index contributed by atoms with van der Waals surface area (Å²) in [5.41, 5.74) is 6.27. The molecule has 0 bridgehead atoms. The first-order chi connectivity index (χ1) is 13.8. The van der Waals surface area contributed by atoms with E-state index < -0.39 is 0 Å². The van der Waals surface area contributed by atoms with Crippen LogP contribution in [0.3, 0.4) is 0 Å². The van der Waals surface area contributed by atoms with Gasteiger partial charge in [-0.15, -0.1) is 0 Å². The molecule has 4 rings (SSSR count). The molecule has 0 saturated heterocycles. The van der Waals surface area contributed by atoms with Crippen molar-refractivity contribution in [2.45, 2.75) is 13.3 Å². The second-order valence-electron chi connectivity index (χ2n) is 6.92. The zero-order valence-corrected chi connectivity index (χ0v) is 16.2. The predicted molar refractivity (Wildman–Crippen MR) is 123 cm³/mol. The molecule has 0 aliphatic heterocycles. The average molecular weight is 361 g/mol. The van der Waals surface area contributed by atoms with Gasteiger partial charge < -0.3 is 0 Å². The van der Waals surface area contributed by atoms with E-state index >= 15 is 0 Å². The van der Waals surface area contributed by atoms with E-state index in [2.05, 4.69) is 122 Å². The van der Waals surface area contributed by atoms with Gasteiger partial charge in [0.15, 0.2) is 0 Å². The highest BCUT2D eigenvalue weighted by Crippen LogP contribution is 2.27. The molecular weight excluding hydrogens is 336 g/mol. The number of rotatable bonds is 5. The second kappa shape index (κ2) is 8.54. The minimum Gasteiger partial charge on any atom is -0.0769 e. The molecule has 0 atom stereocenters. The van der Waals surface area contributed by atoms with E-state index in [0.717, 1.165) is 6.42 Å². The maximum atomic E-state index is 2.30. The number of hydrogen-bond donors (Lipinski definition) is 0. The Morgan fingerprint density at radius 1 is 0.679 bits per heavy atom. The van der Waals surface area contributed by atoms with E-state index in [0.29, 0.717) is 0 Å². The molecule has 0 aliphatic carbocycles. The van der Waals surface area contributed by atoms with Gasteiger partial charge in [-0.1, -0.05) is 122 Å². The fourth-order valence-corrected chi connectivity index (χ4v) is 3.57. The molecule has 0 heterocycles. The molecule has 0 unspecified atom stereocenters. The van der Waals surface area contributed by atoms with Crippen molar-refractivity contribution in [1.82, 2.24) is 0 Å². The third-order valence-corrected chi connectivity index (χ3v) is 5.00. The fraction of sp³-hybridized carbons (Fsp3) is 0.0714. The van der Waals surface area contributed by atoms with Crippen LogP contribution in [-0.2, 0) is 0 Å². The lowest BCUT2D eigenvalue weighted by Crippen LogP contribution is -1.85. The smallest absolute Gasteiger partial charge is 0.0106 e. The highest BCUT2D eigenvalue weighted by Gasteiger charge is 2.03. The second-order valence-corrected chi connectivity index (χ2v) is 6.92. The summed E-state index contributed by atoms with van der Waals surface area (Å²) in [6.45, 7) is 2.19. The lowest BCUT2D eigenvalue weighted by atomic mass is 9.96. The molecule has 0 aromatic heterocycles. The summed E-state index contributed by atoms with van der Waals surface area (Å²) in [5.74, 6) is 0. The van der Waals surface area contributed by atoms with Crippen molar-refractivity contribution < 1.29 is 0 Å². The third-order valence-electron chi connectivity index (χ3n) is 5.00. The molecule has 4 aromatic carbocycles. The van der Waals surface area contributed by atoms with Crippen molar-refractivity contribution in [1.29, 1.82) is 0 Å². The first kappa shape index (κ1) is 18.0. The normalized spacial score (nSPS) is 12.0. The summed E-state index contributed by atoms with van der Waals surface area (Å²) in [6, 6.07) is 34.4. The molecule has 0 aliphatic rings. The van der Waals surface area contributed by atoms with Crippen LogP contribution in [0, 0.1) is 0 Å². The van der Waals surface area contributed by atoms with Crippen LogP contribution in [0.25, 0.3) is 33.5 Å². The summed E-state index contributed by atoms with van der Waals surface area (Å²) in [7, 11) is 0. The molecule has 0 nitrogen and oxygen atoms in total. The van der Waals surface area contributed by atoms with Crippen LogP contribution >= 0.6 is 0 Å². The molecule has 0 radical (unpaired) electrons. The predicted octanol–water partition coefficient (Wildman–Crippen LogP) is 8.01. The Hall–Kier alpha value is -3.38. The number of allylic oxidation sites excluding steroid dienone is 3. The molecule has 28 heavy (non-hydrogen) atoms. The molecule has 0 saturated carbocycles. The van der Waals surface area contributed by atoms with Gasteiger partial charge in [-0.05, 0) is 45.0 Å². The molecule has 0 heteroatoms. The Bertz CT molecular complexity index is 1110. The largest absolute Gasteiger partial charge is 0.0769 e. The van der Waals surface area contributed by atoms with Gasteiger partial charge in [-0.2, -0.15) is 0 Å². The van der Waals surface area contributed by atoms with Crippen LogP contribution in [0.4, 0.5) is 0 Å². The Morgan fingerprint density at radius 2 is 1.36 bits per heavy atom. The van der Waals surface area contributed by atoms with E-state index in [1.165, 1.54) is 38.6 Å². The quantitative estimate of drug-likeness (QED) is 0.316. The summed E-state index contributed by atoms with van der Waals surface area (Å²) in [4.78, 5) is 0. The standard InChI is InChI=1S/C28H24/c1-2-9-25(28-15-8-13-26-12-6-7-14-27(26)28)21-18-22-16-19-24(20-17-22)23-10-4-3-5-11-23/h3-21H,2H2,1H3/b21-18-,25-9+. The van der Waals surface area contributed by atoms with Gasteiger partial charge in [0.1, 0.15) is 0 Å². The van der Waals surface area contributed by atoms with Crippen LogP contribution in [0.2, 0.25) is 0 Å². The first-order valence-corrected chi connectivity index (χ1v) is 9.87. The van der Waals surface area contributed by atoms with Crippen molar-refractivity contribution >= 4 is 22.4 Å². The fourth-order valence-electron chi connectivity index (χ4n) is 3.57. The summed E-state index contributed by atoms with van der Waals surface area (Å²) >= 11 is 0. The van der Waals surface area contributed by atoms with E-state index in [1.54, 1.807) is 0 Å². The van der Waals surface area contributed by atoms with E-state index in [-0.39, 0.29) is 0 Å². The van der Waals surface area contributed by atoms with Crippen LogP contribution in [-0.4, -0.2) is 0 Å². The Balaban J connectivity index is 1.63. The molecular formula is C28H24. The van der Waals surface area contributed by atoms with E-state index in [1.807, 2.05) is 0 Å². The number of hydrogen-bond acceptors (Lipinski definition) is 0. The average Bonchev–Trinajstić information content (AvgIpc) is 2.77. The van der Waals surface area contributed by atoms with E-state index in [9.17, 15) is 0 Å². The highest BCUT2D eigenvalue weighted by atomic mass is 14.1. The van der Waals surface area contributed by atoms with E-state index in [4.69, 9.17) is 0 Å². The van der Waals surface area contributed by atoms with Crippen molar-refractivity contribution in [2.75, 3.05) is 0 Å². The van der Waals surface area contributed by atoms with Crippen LogP contribution in [0.5, 0.6) is 0 Å². The van der Waals surface area contributed by atoms with Gasteiger partial charge in [-0.25, -0.2) is 0 Å². The van der Waals surface area contributed by atoms with Crippen molar-refractivity contribution in [3.8, 4) is 11.1 Å². The van der Waals surface area contributed by atoms with Crippen molar-refractivity contribution in [3.05, 3.63) is 120 Å². The van der Waals surface area contributed by atoms with Crippen molar-refractivity contribution in [3.63, 3.8) is 0 Å². The highest BCUT2D eigenvalue weighted by molar-refractivity contribution is 5.97. The SMILES string of the molecule is CC/C=C(\C=C/c1ccc(-c2ccccc2)cc1)c1cccc2ccccc12. The lowest BCUT2D eigenvalue weighted by molar-refractivity contribution is 1.23. The monoisotopic (exact) mass is 360 g/mol. The van der Waals surface area contributed by atoms with Gasteiger partial charge in [-0.3, -0.25) is 0 Å².